The van der Waals surface area contributed by atoms with Crippen molar-refractivity contribution in [1.82, 2.24) is 10.2 Å². The van der Waals surface area contributed by atoms with Crippen LogP contribution in [0.4, 0.5) is 4.79 Å². The minimum Gasteiger partial charge on any atom is -0.375 e. The van der Waals surface area contributed by atoms with Crippen molar-refractivity contribution in [2.45, 2.75) is 32.8 Å². The van der Waals surface area contributed by atoms with Gasteiger partial charge in [0.15, 0.2) is 0 Å². The van der Waals surface area contributed by atoms with Crippen LogP contribution in [-0.4, -0.2) is 55.3 Å². The van der Waals surface area contributed by atoms with Gasteiger partial charge in [-0.05, 0) is 24.3 Å². The minimum absolute atomic E-state index is 0.0624. The van der Waals surface area contributed by atoms with Crippen molar-refractivity contribution in [1.29, 1.82) is 0 Å². The quantitative estimate of drug-likeness (QED) is 0.807. The molecule has 2 amide bonds. The maximum Gasteiger partial charge on any atom is 0.317 e. The fourth-order valence-corrected chi connectivity index (χ4v) is 2.80. The summed E-state index contributed by atoms with van der Waals surface area (Å²) in [6, 6.07) is 0.0624. The van der Waals surface area contributed by atoms with Crippen LogP contribution >= 0.6 is 11.8 Å². The van der Waals surface area contributed by atoms with Crippen molar-refractivity contribution >= 4 is 17.8 Å². The predicted octanol–water partition coefficient (Wildman–Crippen LogP) is 2.20. The van der Waals surface area contributed by atoms with Crippen molar-refractivity contribution in [2.24, 2.45) is 5.92 Å². The molecule has 18 heavy (non-hydrogen) atoms. The molecule has 0 saturated carbocycles. The summed E-state index contributed by atoms with van der Waals surface area (Å²) in [4.78, 5) is 13.9. The van der Waals surface area contributed by atoms with Crippen LogP contribution in [0, 0.1) is 5.92 Å². The Hall–Kier alpha value is -0.420. The molecular formula is C13H26N2O2S. The van der Waals surface area contributed by atoms with Gasteiger partial charge in [-0.2, -0.15) is 11.8 Å². The molecule has 0 aromatic carbocycles. The fourth-order valence-electron chi connectivity index (χ4n) is 2.12. The summed E-state index contributed by atoms with van der Waals surface area (Å²) in [6.07, 6.45) is 4.45. The molecule has 1 rings (SSSR count). The predicted molar refractivity (Wildman–Crippen MR) is 77.2 cm³/mol. The van der Waals surface area contributed by atoms with Gasteiger partial charge in [0.1, 0.15) is 0 Å². The maximum atomic E-state index is 12.0. The number of ether oxygens (including phenoxy) is 1. The molecule has 5 heteroatoms. The molecule has 106 valence electrons. The van der Waals surface area contributed by atoms with Gasteiger partial charge in [-0.25, -0.2) is 4.79 Å². The molecule has 1 N–H and O–H groups in total. The van der Waals surface area contributed by atoms with E-state index in [0.717, 1.165) is 31.7 Å². The van der Waals surface area contributed by atoms with Crippen molar-refractivity contribution in [3.05, 3.63) is 0 Å². The summed E-state index contributed by atoms with van der Waals surface area (Å²) < 4.78 is 5.64. The van der Waals surface area contributed by atoms with E-state index in [1.165, 1.54) is 0 Å². The van der Waals surface area contributed by atoms with Crippen LogP contribution in [0.15, 0.2) is 0 Å². The Morgan fingerprint density at radius 3 is 3.06 bits per heavy atom. The zero-order chi connectivity index (χ0) is 13.4. The Labute approximate surface area is 115 Å². The van der Waals surface area contributed by atoms with Crippen LogP contribution in [0.1, 0.15) is 26.7 Å². The highest BCUT2D eigenvalue weighted by Crippen LogP contribution is 2.10. The summed E-state index contributed by atoms with van der Waals surface area (Å²) >= 11 is 1.82. The summed E-state index contributed by atoms with van der Waals surface area (Å²) in [5, 5.41) is 3.02. The molecule has 0 aliphatic carbocycles. The highest BCUT2D eigenvalue weighted by Gasteiger charge is 2.23. The lowest BCUT2D eigenvalue weighted by atomic mass is 10.2. The van der Waals surface area contributed by atoms with E-state index in [1.807, 2.05) is 16.7 Å². The third kappa shape index (κ3) is 5.48. The highest BCUT2D eigenvalue weighted by atomic mass is 32.2. The molecule has 0 aromatic rings. The first kappa shape index (κ1) is 15.6. The Balaban J connectivity index is 2.28. The lowest BCUT2D eigenvalue weighted by Crippen LogP contribution is -2.50. The third-order valence-electron chi connectivity index (χ3n) is 3.09. The second kappa shape index (κ2) is 8.64. The number of rotatable bonds is 6. The van der Waals surface area contributed by atoms with E-state index in [4.69, 9.17) is 4.74 Å². The molecule has 1 heterocycles. The van der Waals surface area contributed by atoms with Crippen molar-refractivity contribution in [3.8, 4) is 0 Å². The number of nitrogens with one attached hydrogen (secondary N) is 1. The molecule has 0 spiro atoms. The van der Waals surface area contributed by atoms with Crippen LogP contribution in [0.2, 0.25) is 0 Å². The second-order valence-corrected chi connectivity index (χ2v) is 5.88. The van der Waals surface area contributed by atoms with E-state index in [2.05, 4.69) is 25.4 Å². The van der Waals surface area contributed by atoms with Gasteiger partial charge in [-0.15, -0.1) is 0 Å². The summed E-state index contributed by atoms with van der Waals surface area (Å²) in [5.74, 6) is 1.61. The Kier molecular flexibility index (Phi) is 7.51. The van der Waals surface area contributed by atoms with Crippen molar-refractivity contribution in [3.63, 3.8) is 0 Å². The fraction of sp³-hybridized carbons (Fsp3) is 0.923. The molecule has 2 atom stereocenters. The van der Waals surface area contributed by atoms with Gasteiger partial charge >= 0.3 is 6.03 Å². The molecule has 0 aromatic heterocycles. The first-order valence-electron chi connectivity index (χ1n) is 6.80. The molecular weight excluding hydrogens is 248 g/mol. The minimum atomic E-state index is 0.0624. The van der Waals surface area contributed by atoms with E-state index >= 15 is 0 Å². The molecule has 0 bridgehead atoms. The van der Waals surface area contributed by atoms with E-state index in [9.17, 15) is 4.79 Å². The Morgan fingerprint density at radius 1 is 1.61 bits per heavy atom. The standard InChI is InChI=1S/C13H26N2O2S/c1-4-5-12-9-15(6-7-17-12)13(16)14-8-11(2)10-18-3/h11-12H,4-10H2,1-3H3,(H,14,16)/t11-,12-/m0/s1. The lowest BCUT2D eigenvalue weighted by Gasteiger charge is -2.33. The second-order valence-electron chi connectivity index (χ2n) is 4.97. The number of amides is 2. The van der Waals surface area contributed by atoms with Crippen molar-refractivity contribution < 1.29 is 9.53 Å². The van der Waals surface area contributed by atoms with Gasteiger partial charge in [0.25, 0.3) is 0 Å². The highest BCUT2D eigenvalue weighted by molar-refractivity contribution is 7.98. The molecule has 1 fully saturated rings. The number of carbonyl (C=O) groups excluding carboxylic acids is 1. The van der Waals surface area contributed by atoms with Crippen LogP contribution in [0.5, 0.6) is 0 Å². The average Bonchev–Trinajstić information content (AvgIpc) is 2.37. The molecule has 1 saturated heterocycles. The number of morpholine rings is 1. The van der Waals surface area contributed by atoms with Crippen LogP contribution < -0.4 is 5.32 Å². The molecule has 0 unspecified atom stereocenters. The van der Waals surface area contributed by atoms with Gasteiger partial charge < -0.3 is 15.0 Å². The average molecular weight is 274 g/mol. The molecule has 1 aliphatic rings. The normalized spacial score (nSPS) is 21.7. The van der Waals surface area contributed by atoms with E-state index < -0.39 is 0 Å². The first-order valence-corrected chi connectivity index (χ1v) is 8.20. The molecule has 0 radical (unpaired) electrons. The smallest absolute Gasteiger partial charge is 0.317 e. The van der Waals surface area contributed by atoms with Gasteiger partial charge in [-0.3, -0.25) is 0 Å². The SMILES string of the molecule is CCC[C@H]1CN(C(=O)NC[C@H](C)CSC)CCO1. The van der Waals surface area contributed by atoms with Gasteiger partial charge in [0.05, 0.1) is 12.7 Å². The Morgan fingerprint density at radius 2 is 2.39 bits per heavy atom. The van der Waals surface area contributed by atoms with E-state index in [-0.39, 0.29) is 12.1 Å². The van der Waals surface area contributed by atoms with Crippen LogP contribution in [0.3, 0.4) is 0 Å². The van der Waals surface area contributed by atoms with Gasteiger partial charge in [-0.1, -0.05) is 20.3 Å². The number of thioether (sulfide) groups is 1. The monoisotopic (exact) mass is 274 g/mol. The van der Waals surface area contributed by atoms with Crippen LogP contribution in [0.25, 0.3) is 0 Å². The lowest BCUT2D eigenvalue weighted by molar-refractivity contribution is -0.0181. The first-order chi connectivity index (χ1) is 8.67. The summed E-state index contributed by atoms with van der Waals surface area (Å²) in [7, 11) is 0. The van der Waals surface area contributed by atoms with Gasteiger partial charge in [0, 0.05) is 19.6 Å². The van der Waals surface area contributed by atoms with E-state index in [0.29, 0.717) is 19.1 Å². The number of carbonyl (C=O) groups is 1. The largest absolute Gasteiger partial charge is 0.375 e. The topological polar surface area (TPSA) is 41.6 Å². The Bertz CT molecular complexity index is 249. The number of urea groups is 1. The zero-order valence-corrected chi connectivity index (χ0v) is 12.6. The zero-order valence-electron chi connectivity index (χ0n) is 11.8. The third-order valence-corrected chi connectivity index (χ3v) is 3.99. The maximum absolute atomic E-state index is 12.0. The number of hydrogen-bond donors (Lipinski definition) is 1. The van der Waals surface area contributed by atoms with E-state index in [1.54, 1.807) is 0 Å². The molecule has 1 aliphatic heterocycles. The van der Waals surface area contributed by atoms with Crippen LogP contribution in [-0.2, 0) is 4.74 Å². The summed E-state index contributed by atoms with van der Waals surface area (Å²) in [5.41, 5.74) is 0. The summed E-state index contributed by atoms with van der Waals surface area (Å²) in [6.45, 7) is 7.18. The number of hydrogen-bond acceptors (Lipinski definition) is 3. The molecule has 4 nitrogen and oxygen atoms in total. The van der Waals surface area contributed by atoms with Crippen molar-refractivity contribution in [2.75, 3.05) is 38.2 Å². The van der Waals surface area contributed by atoms with Gasteiger partial charge in [0.2, 0.25) is 0 Å². The number of nitrogens with zero attached hydrogens (tertiary/aromatic N) is 1.